The number of rotatable bonds is 7. The predicted molar refractivity (Wildman–Crippen MR) is 113 cm³/mol. The lowest BCUT2D eigenvalue weighted by molar-refractivity contribution is -0.137. The summed E-state index contributed by atoms with van der Waals surface area (Å²) in [6, 6.07) is 9.78. The number of alkyl halides is 3. The maximum Gasteiger partial charge on any atom is 0.416 e. The van der Waals surface area contributed by atoms with Crippen LogP contribution in [0.15, 0.2) is 53.4 Å². The molecule has 32 heavy (non-hydrogen) atoms. The van der Waals surface area contributed by atoms with E-state index < -0.39 is 26.8 Å². The molecule has 174 valence electrons. The average Bonchev–Trinajstić information content (AvgIpc) is 3.50. The van der Waals surface area contributed by atoms with Gasteiger partial charge in [0, 0.05) is 19.0 Å². The fourth-order valence-electron chi connectivity index (χ4n) is 3.21. The van der Waals surface area contributed by atoms with Gasteiger partial charge in [0.1, 0.15) is 10.6 Å². The van der Waals surface area contributed by atoms with Gasteiger partial charge in [0.15, 0.2) is 0 Å². The van der Waals surface area contributed by atoms with Crippen molar-refractivity contribution in [2.45, 2.75) is 63.7 Å². The van der Waals surface area contributed by atoms with Crippen molar-refractivity contribution in [2.75, 3.05) is 0 Å². The Bertz CT molecular complexity index is 1070. The molecule has 0 aromatic heterocycles. The Labute approximate surface area is 186 Å². The number of benzene rings is 2. The van der Waals surface area contributed by atoms with Crippen LogP contribution in [0.1, 0.15) is 51.2 Å². The molecule has 0 bridgehead atoms. The van der Waals surface area contributed by atoms with E-state index in [1.54, 1.807) is 12.1 Å². The quantitative estimate of drug-likeness (QED) is 0.510. The summed E-state index contributed by atoms with van der Waals surface area (Å²) in [4.78, 5) is 14.0. The number of amides is 1. The van der Waals surface area contributed by atoms with Crippen molar-refractivity contribution in [3.05, 3.63) is 59.7 Å². The molecule has 9 heteroatoms. The summed E-state index contributed by atoms with van der Waals surface area (Å²) in [6.07, 6.45) is -2.30. The Morgan fingerprint density at radius 3 is 2.22 bits per heavy atom. The first-order valence-corrected chi connectivity index (χ1v) is 11.7. The lowest BCUT2D eigenvalue weighted by Crippen LogP contribution is -2.34. The van der Waals surface area contributed by atoms with Crippen LogP contribution in [0.4, 0.5) is 13.2 Å². The molecule has 0 radical (unpaired) electrons. The maximum absolute atomic E-state index is 12.9. The Morgan fingerprint density at radius 2 is 1.69 bits per heavy atom. The van der Waals surface area contributed by atoms with Gasteiger partial charge in [-0.1, -0.05) is 39.0 Å². The van der Waals surface area contributed by atoms with E-state index in [0.717, 1.165) is 36.6 Å². The number of hydrogen-bond donors (Lipinski definition) is 0. The van der Waals surface area contributed by atoms with E-state index in [9.17, 15) is 26.4 Å². The molecule has 1 aliphatic carbocycles. The van der Waals surface area contributed by atoms with Gasteiger partial charge in [-0.15, -0.1) is 0 Å². The minimum Gasteiger partial charge on any atom is -0.379 e. The molecule has 5 nitrogen and oxygen atoms in total. The highest BCUT2D eigenvalue weighted by Gasteiger charge is 2.34. The number of carbonyl (C=O) groups excluding carboxylic acids is 1. The van der Waals surface area contributed by atoms with Crippen LogP contribution in [0.3, 0.4) is 0 Å². The van der Waals surface area contributed by atoms with E-state index in [0.29, 0.717) is 19.0 Å². The standard InChI is InChI=1S/C23H26F3NO4S/c1-22(2,3)14-21(28)27(18-9-10-18)15-16-7-11-19(12-8-16)31-32(29,30)20-6-4-5-17(13-20)23(24,25)26/h4-8,11-13,18H,9-10,14-15H2,1-3H3. The SMILES string of the molecule is CC(C)(C)CC(=O)N(Cc1ccc(OS(=O)(=O)c2cccc(C(F)(F)F)c2)cc1)C1CC1. The first-order valence-electron chi connectivity index (χ1n) is 10.2. The number of halogens is 3. The third-order valence-corrected chi connectivity index (χ3v) is 6.16. The zero-order valence-corrected chi connectivity index (χ0v) is 19.0. The van der Waals surface area contributed by atoms with Crippen LogP contribution in [0.5, 0.6) is 5.75 Å². The third-order valence-electron chi connectivity index (χ3n) is 4.92. The number of hydrogen-bond acceptors (Lipinski definition) is 4. The molecule has 1 amide bonds. The van der Waals surface area contributed by atoms with Crippen molar-refractivity contribution in [3.8, 4) is 5.75 Å². The van der Waals surface area contributed by atoms with Crippen LogP contribution >= 0.6 is 0 Å². The van der Waals surface area contributed by atoms with E-state index in [1.165, 1.54) is 12.1 Å². The van der Waals surface area contributed by atoms with Gasteiger partial charge in [0.05, 0.1) is 5.56 Å². The van der Waals surface area contributed by atoms with Crippen LogP contribution < -0.4 is 4.18 Å². The van der Waals surface area contributed by atoms with Crippen LogP contribution in [0.25, 0.3) is 0 Å². The molecule has 0 spiro atoms. The monoisotopic (exact) mass is 469 g/mol. The van der Waals surface area contributed by atoms with Crippen molar-refractivity contribution in [1.29, 1.82) is 0 Å². The van der Waals surface area contributed by atoms with Gasteiger partial charge in [-0.25, -0.2) is 0 Å². The van der Waals surface area contributed by atoms with Gasteiger partial charge in [-0.05, 0) is 54.2 Å². The van der Waals surface area contributed by atoms with Gasteiger partial charge in [0.25, 0.3) is 0 Å². The zero-order chi connectivity index (χ0) is 23.7. The molecule has 1 fully saturated rings. The van der Waals surface area contributed by atoms with E-state index in [-0.39, 0.29) is 23.1 Å². The first-order chi connectivity index (χ1) is 14.7. The van der Waals surface area contributed by atoms with Gasteiger partial charge >= 0.3 is 16.3 Å². The summed E-state index contributed by atoms with van der Waals surface area (Å²) in [5, 5.41) is 0. The van der Waals surface area contributed by atoms with Crippen LogP contribution in [0.2, 0.25) is 0 Å². The van der Waals surface area contributed by atoms with Gasteiger partial charge < -0.3 is 9.08 Å². The first kappa shape index (κ1) is 24.1. The summed E-state index contributed by atoms with van der Waals surface area (Å²) >= 11 is 0. The molecule has 2 aromatic carbocycles. The van der Waals surface area contributed by atoms with Gasteiger partial charge in [0.2, 0.25) is 5.91 Å². The zero-order valence-electron chi connectivity index (χ0n) is 18.1. The number of carbonyl (C=O) groups is 1. The summed E-state index contributed by atoms with van der Waals surface area (Å²) in [6.45, 7) is 6.42. The lowest BCUT2D eigenvalue weighted by atomic mass is 9.91. The highest BCUT2D eigenvalue weighted by Crippen LogP contribution is 2.33. The molecular formula is C23H26F3NO4S. The average molecular weight is 470 g/mol. The Balaban J connectivity index is 1.71. The second kappa shape index (κ2) is 8.77. The Hall–Kier alpha value is -2.55. The summed E-state index contributed by atoms with van der Waals surface area (Å²) in [7, 11) is -4.43. The van der Waals surface area contributed by atoms with E-state index in [2.05, 4.69) is 0 Å². The second-order valence-electron chi connectivity index (χ2n) is 9.20. The number of nitrogens with zero attached hydrogens (tertiary/aromatic N) is 1. The lowest BCUT2D eigenvalue weighted by Gasteiger charge is -2.27. The highest BCUT2D eigenvalue weighted by atomic mass is 32.2. The van der Waals surface area contributed by atoms with Crippen LogP contribution in [0, 0.1) is 5.41 Å². The molecule has 3 rings (SSSR count). The second-order valence-corrected chi connectivity index (χ2v) is 10.7. The van der Waals surface area contributed by atoms with Crippen molar-refractivity contribution in [3.63, 3.8) is 0 Å². The van der Waals surface area contributed by atoms with Crippen LogP contribution in [-0.2, 0) is 27.6 Å². The molecule has 1 aliphatic rings. The Morgan fingerprint density at radius 1 is 1.06 bits per heavy atom. The molecule has 1 saturated carbocycles. The Kier molecular flexibility index (Phi) is 6.60. The normalized spacial score (nSPS) is 14.8. The van der Waals surface area contributed by atoms with E-state index in [4.69, 9.17) is 4.18 Å². The largest absolute Gasteiger partial charge is 0.416 e. The third kappa shape index (κ3) is 6.48. The van der Waals surface area contributed by atoms with Crippen molar-refractivity contribution in [2.24, 2.45) is 5.41 Å². The molecule has 0 atom stereocenters. The predicted octanol–water partition coefficient (Wildman–Crippen LogP) is 5.40. The highest BCUT2D eigenvalue weighted by molar-refractivity contribution is 7.87. The molecule has 0 saturated heterocycles. The smallest absolute Gasteiger partial charge is 0.379 e. The fourth-order valence-corrected chi connectivity index (χ4v) is 4.19. The van der Waals surface area contributed by atoms with Crippen molar-refractivity contribution in [1.82, 2.24) is 4.90 Å². The molecule has 0 aliphatic heterocycles. The minimum atomic E-state index is -4.66. The fraction of sp³-hybridized carbons (Fsp3) is 0.435. The van der Waals surface area contributed by atoms with Crippen molar-refractivity contribution >= 4 is 16.0 Å². The van der Waals surface area contributed by atoms with E-state index in [1.807, 2.05) is 25.7 Å². The summed E-state index contributed by atoms with van der Waals surface area (Å²) < 4.78 is 68.5. The van der Waals surface area contributed by atoms with Crippen molar-refractivity contribution < 1.29 is 30.6 Å². The molecular weight excluding hydrogens is 443 g/mol. The van der Waals surface area contributed by atoms with Gasteiger partial charge in [-0.3, -0.25) is 4.79 Å². The minimum absolute atomic E-state index is 0.0230. The van der Waals surface area contributed by atoms with E-state index >= 15 is 0 Å². The van der Waals surface area contributed by atoms with Crippen LogP contribution in [-0.4, -0.2) is 25.3 Å². The summed E-state index contributed by atoms with van der Waals surface area (Å²) in [5.41, 5.74) is -0.389. The topological polar surface area (TPSA) is 63.7 Å². The van der Waals surface area contributed by atoms with Gasteiger partial charge in [-0.2, -0.15) is 21.6 Å². The maximum atomic E-state index is 12.9. The molecule has 2 aromatic rings. The summed E-state index contributed by atoms with van der Waals surface area (Å²) in [5.74, 6) is 0.0533. The molecule has 0 N–H and O–H groups in total. The molecule has 0 unspecified atom stereocenters. The molecule has 0 heterocycles.